The summed E-state index contributed by atoms with van der Waals surface area (Å²) in [6.45, 7) is -2.91. The maximum atomic E-state index is 12.0. The van der Waals surface area contributed by atoms with Gasteiger partial charge in [0.15, 0.2) is 0 Å². The molecule has 0 saturated heterocycles. The molecule has 0 spiro atoms. The van der Waals surface area contributed by atoms with Crippen molar-refractivity contribution in [3.05, 3.63) is 59.7 Å². The van der Waals surface area contributed by atoms with E-state index in [0.717, 1.165) is 0 Å². The highest BCUT2D eigenvalue weighted by Gasteiger charge is 2.09. The zero-order valence-corrected chi connectivity index (χ0v) is 12.1. The minimum Gasteiger partial charge on any atom is -0.465 e. The molecule has 0 radical (unpaired) electrons. The Hall–Kier alpha value is -2.96. The van der Waals surface area contributed by atoms with E-state index in [0.29, 0.717) is 11.3 Å². The lowest BCUT2D eigenvalue weighted by atomic mass is 10.2. The summed E-state index contributed by atoms with van der Waals surface area (Å²) in [5, 5.41) is 2.62. The molecule has 0 aromatic heterocycles. The molecule has 1 amide bonds. The molecule has 0 bridgehead atoms. The highest BCUT2D eigenvalue weighted by atomic mass is 19.3. The zero-order valence-electron chi connectivity index (χ0n) is 12.1. The van der Waals surface area contributed by atoms with Crippen molar-refractivity contribution in [2.75, 3.05) is 12.4 Å². The summed E-state index contributed by atoms with van der Waals surface area (Å²) in [6.07, 6.45) is 0. The second-order valence-electron chi connectivity index (χ2n) is 4.43. The van der Waals surface area contributed by atoms with Gasteiger partial charge in [0.1, 0.15) is 5.75 Å². The Morgan fingerprint density at radius 2 is 1.52 bits per heavy atom. The van der Waals surface area contributed by atoms with Gasteiger partial charge in [0.2, 0.25) is 0 Å². The quantitative estimate of drug-likeness (QED) is 0.858. The van der Waals surface area contributed by atoms with Crippen molar-refractivity contribution >= 4 is 17.6 Å². The molecule has 2 aromatic rings. The number of ether oxygens (including phenoxy) is 2. The minimum absolute atomic E-state index is 0.0287. The number of carbonyl (C=O) groups is 2. The maximum absolute atomic E-state index is 12.0. The first-order valence-corrected chi connectivity index (χ1v) is 6.54. The van der Waals surface area contributed by atoms with Crippen LogP contribution in [0.4, 0.5) is 14.5 Å². The summed E-state index contributed by atoms with van der Waals surface area (Å²) in [7, 11) is 1.28. The fourth-order valence-electron chi connectivity index (χ4n) is 1.80. The molecular formula is C16H13F2NO4. The minimum atomic E-state index is -2.91. The standard InChI is InChI=1S/C16H13F2NO4/c1-22-15(21)11-2-6-12(7-3-11)19-14(20)10-4-8-13(9-5-10)23-16(17)18/h2-9,16H,1H3,(H,19,20). The van der Waals surface area contributed by atoms with Gasteiger partial charge in [-0.1, -0.05) is 0 Å². The molecule has 0 aliphatic heterocycles. The number of carbonyl (C=O) groups excluding carboxylic acids is 2. The molecule has 0 unspecified atom stereocenters. The molecule has 2 rings (SSSR count). The highest BCUT2D eigenvalue weighted by molar-refractivity contribution is 6.04. The molecule has 0 aliphatic carbocycles. The highest BCUT2D eigenvalue weighted by Crippen LogP contribution is 2.16. The van der Waals surface area contributed by atoms with Crippen molar-refractivity contribution in [2.24, 2.45) is 0 Å². The van der Waals surface area contributed by atoms with Crippen LogP contribution in [-0.2, 0) is 4.74 Å². The van der Waals surface area contributed by atoms with Crippen molar-refractivity contribution in [1.82, 2.24) is 0 Å². The van der Waals surface area contributed by atoms with Gasteiger partial charge in [-0.25, -0.2) is 4.79 Å². The van der Waals surface area contributed by atoms with Gasteiger partial charge in [0.25, 0.3) is 5.91 Å². The first-order valence-electron chi connectivity index (χ1n) is 6.54. The SMILES string of the molecule is COC(=O)c1ccc(NC(=O)c2ccc(OC(F)F)cc2)cc1. The normalized spacial score (nSPS) is 10.3. The van der Waals surface area contributed by atoms with Gasteiger partial charge in [-0.05, 0) is 48.5 Å². The van der Waals surface area contributed by atoms with Crippen LogP contribution in [0, 0.1) is 0 Å². The Balaban J connectivity index is 2.02. The van der Waals surface area contributed by atoms with Crippen LogP contribution in [-0.4, -0.2) is 25.6 Å². The average molecular weight is 321 g/mol. The number of methoxy groups -OCH3 is 1. The summed E-state index contributed by atoms with van der Waals surface area (Å²) in [5.74, 6) is -0.920. The number of esters is 1. The lowest BCUT2D eigenvalue weighted by Gasteiger charge is -2.07. The number of hydrogen-bond acceptors (Lipinski definition) is 4. The molecule has 0 heterocycles. The van der Waals surface area contributed by atoms with E-state index >= 15 is 0 Å². The maximum Gasteiger partial charge on any atom is 0.387 e. The smallest absolute Gasteiger partial charge is 0.387 e. The van der Waals surface area contributed by atoms with E-state index < -0.39 is 18.5 Å². The molecule has 0 aliphatic rings. The average Bonchev–Trinajstić information content (AvgIpc) is 2.55. The molecule has 0 atom stereocenters. The molecular weight excluding hydrogens is 308 g/mol. The predicted molar refractivity (Wildman–Crippen MR) is 78.8 cm³/mol. The van der Waals surface area contributed by atoms with Gasteiger partial charge in [0, 0.05) is 11.3 Å². The molecule has 120 valence electrons. The van der Waals surface area contributed by atoms with Crippen LogP contribution >= 0.6 is 0 Å². The van der Waals surface area contributed by atoms with Crippen LogP contribution in [0.2, 0.25) is 0 Å². The Bertz CT molecular complexity index is 684. The lowest BCUT2D eigenvalue weighted by molar-refractivity contribution is -0.0498. The monoisotopic (exact) mass is 321 g/mol. The summed E-state index contributed by atoms with van der Waals surface area (Å²) in [4.78, 5) is 23.3. The van der Waals surface area contributed by atoms with Crippen LogP contribution < -0.4 is 10.1 Å². The molecule has 0 fully saturated rings. The van der Waals surface area contributed by atoms with Crippen LogP contribution in [0.1, 0.15) is 20.7 Å². The first kappa shape index (κ1) is 16.4. The number of nitrogens with one attached hydrogen (secondary N) is 1. The van der Waals surface area contributed by atoms with Crippen molar-refractivity contribution in [1.29, 1.82) is 0 Å². The fourth-order valence-corrected chi connectivity index (χ4v) is 1.80. The molecule has 7 heteroatoms. The van der Waals surface area contributed by atoms with E-state index in [9.17, 15) is 18.4 Å². The fraction of sp³-hybridized carbons (Fsp3) is 0.125. The third-order valence-electron chi connectivity index (χ3n) is 2.91. The van der Waals surface area contributed by atoms with Gasteiger partial charge >= 0.3 is 12.6 Å². The van der Waals surface area contributed by atoms with E-state index in [1.165, 1.54) is 43.5 Å². The summed E-state index contributed by atoms with van der Waals surface area (Å²) < 4.78 is 32.9. The molecule has 2 aromatic carbocycles. The van der Waals surface area contributed by atoms with Gasteiger partial charge in [-0.15, -0.1) is 0 Å². The Kier molecular flexibility index (Phi) is 5.24. The van der Waals surface area contributed by atoms with Gasteiger partial charge < -0.3 is 14.8 Å². The molecule has 23 heavy (non-hydrogen) atoms. The van der Waals surface area contributed by atoms with Crippen molar-refractivity contribution < 1.29 is 27.8 Å². The van der Waals surface area contributed by atoms with E-state index in [4.69, 9.17) is 0 Å². The first-order chi connectivity index (χ1) is 11.0. The summed E-state index contributed by atoms with van der Waals surface area (Å²) in [6, 6.07) is 11.4. The Labute approximate surface area is 130 Å². The van der Waals surface area contributed by atoms with E-state index in [2.05, 4.69) is 14.8 Å². The molecule has 0 saturated carbocycles. The van der Waals surface area contributed by atoms with Gasteiger partial charge in [-0.2, -0.15) is 8.78 Å². The number of rotatable bonds is 5. The third-order valence-corrected chi connectivity index (χ3v) is 2.91. The topological polar surface area (TPSA) is 64.6 Å². The van der Waals surface area contributed by atoms with Crippen LogP contribution in [0.3, 0.4) is 0 Å². The Morgan fingerprint density at radius 3 is 2.04 bits per heavy atom. The van der Waals surface area contributed by atoms with Crippen LogP contribution in [0.15, 0.2) is 48.5 Å². The number of alkyl halides is 2. The molecule has 1 N–H and O–H groups in total. The largest absolute Gasteiger partial charge is 0.465 e. The number of anilines is 1. The third kappa shape index (κ3) is 4.50. The van der Waals surface area contributed by atoms with E-state index in [-0.39, 0.29) is 11.3 Å². The number of hydrogen-bond donors (Lipinski definition) is 1. The van der Waals surface area contributed by atoms with E-state index in [1.54, 1.807) is 12.1 Å². The van der Waals surface area contributed by atoms with Crippen molar-refractivity contribution in [3.8, 4) is 5.75 Å². The lowest BCUT2D eigenvalue weighted by Crippen LogP contribution is -2.12. The van der Waals surface area contributed by atoms with Crippen LogP contribution in [0.25, 0.3) is 0 Å². The van der Waals surface area contributed by atoms with Crippen LogP contribution in [0.5, 0.6) is 5.75 Å². The van der Waals surface area contributed by atoms with Gasteiger partial charge in [0.05, 0.1) is 12.7 Å². The summed E-state index contributed by atoms with van der Waals surface area (Å²) >= 11 is 0. The van der Waals surface area contributed by atoms with Gasteiger partial charge in [-0.3, -0.25) is 4.79 Å². The summed E-state index contributed by atoms with van der Waals surface area (Å²) in [5.41, 5.74) is 1.12. The number of amides is 1. The predicted octanol–water partition coefficient (Wildman–Crippen LogP) is 3.33. The van der Waals surface area contributed by atoms with E-state index in [1.807, 2.05) is 0 Å². The van der Waals surface area contributed by atoms with Crippen molar-refractivity contribution in [2.45, 2.75) is 6.61 Å². The van der Waals surface area contributed by atoms with Crippen molar-refractivity contribution in [3.63, 3.8) is 0 Å². The Morgan fingerprint density at radius 1 is 0.957 bits per heavy atom. The second-order valence-corrected chi connectivity index (χ2v) is 4.43. The number of benzene rings is 2. The molecule has 5 nitrogen and oxygen atoms in total. The zero-order chi connectivity index (χ0) is 16.8. The number of halogens is 2. The second kappa shape index (κ2) is 7.35.